The highest BCUT2D eigenvalue weighted by Crippen LogP contribution is 2.34. The molecular weight excluding hydrogens is 295 g/mol. The fourth-order valence-electron chi connectivity index (χ4n) is 2.02. The summed E-state index contributed by atoms with van der Waals surface area (Å²) in [6.45, 7) is 1.85. The number of aromatic nitrogens is 4. The minimum absolute atomic E-state index is 0.0719. The van der Waals surface area contributed by atoms with Crippen molar-refractivity contribution >= 4 is 11.6 Å². The monoisotopic (exact) mass is 304 g/mol. The Morgan fingerprint density at radius 3 is 2.57 bits per heavy atom. The van der Waals surface area contributed by atoms with E-state index in [4.69, 9.17) is 11.6 Å². The zero-order chi connectivity index (χ0) is 15.0. The molecule has 0 bridgehead atoms. The van der Waals surface area contributed by atoms with Gasteiger partial charge in [-0.05, 0) is 24.6 Å². The lowest BCUT2D eigenvalue weighted by molar-refractivity contribution is 0.469. The SMILES string of the molecule is Cc1cnc(-n2cnnc2)c(-c2cc(Cl)c(O)cc2F)c1. The van der Waals surface area contributed by atoms with Crippen LogP contribution >= 0.6 is 11.6 Å². The van der Waals surface area contributed by atoms with E-state index in [1.165, 1.54) is 18.7 Å². The maximum Gasteiger partial charge on any atom is 0.147 e. The molecule has 2 aromatic heterocycles. The highest BCUT2D eigenvalue weighted by Gasteiger charge is 2.15. The molecule has 21 heavy (non-hydrogen) atoms. The number of aryl methyl sites for hydroxylation is 1. The van der Waals surface area contributed by atoms with Gasteiger partial charge in [0.15, 0.2) is 0 Å². The lowest BCUT2D eigenvalue weighted by atomic mass is 10.0. The van der Waals surface area contributed by atoms with Crippen LogP contribution in [0.3, 0.4) is 0 Å². The van der Waals surface area contributed by atoms with E-state index < -0.39 is 5.82 Å². The van der Waals surface area contributed by atoms with Crippen LogP contribution in [-0.4, -0.2) is 24.9 Å². The Hall–Kier alpha value is -2.47. The molecule has 0 amide bonds. The van der Waals surface area contributed by atoms with Crippen LogP contribution < -0.4 is 0 Å². The molecule has 0 aliphatic carbocycles. The fourth-order valence-corrected chi connectivity index (χ4v) is 2.18. The summed E-state index contributed by atoms with van der Waals surface area (Å²) in [7, 11) is 0. The average Bonchev–Trinajstić information content (AvgIpc) is 2.97. The zero-order valence-corrected chi connectivity index (χ0v) is 11.7. The number of hydrogen-bond donors (Lipinski definition) is 1. The van der Waals surface area contributed by atoms with Gasteiger partial charge in [-0.1, -0.05) is 11.6 Å². The Morgan fingerprint density at radius 1 is 1.14 bits per heavy atom. The molecule has 0 saturated heterocycles. The molecule has 0 saturated carbocycles. The minimum atomic E-state index is -0.585. The third kappa shape index (κ3) is 2.45. The topological polar surface area (TPSA) is 63.8 Å². The van der Waals surface area contributed by atoms with Crippen LogP contribution in [0.25, 0.3) is 16.9 Å². The summed E-state index contributed by atoms with van der Waals surface area (Å²) >= 11 is 5.88. The van der Waals surface area contributed by atoms with Crippen molar-refractivity contribution in [1.29, 1.82) is 0 Å². The average molecular weight is 305 g/mol. The number of rotatable bonds is 2. The van der Waals surface area contributed by atoms with Crippen molar-refractivity contribution in [2.75, 3.05) is 0 Å². The molecule has 2 heterocycles. The third-order valence-electron chi connectivity index (χ3n) is 2.99. The Morgan fingerprint density at radius 2 is 1.86 bits per heavy atom. The first-order valence-corrected chi connectivity index (χ1v) is 6.44. The normalized spacial score (nSPS) is 10.8. The molecule has 1 N–H and O–H groups in total. The molecule has 106 valence electrons. The van der Waals surface area contributed by atoms with Crippen LogP contribution in [0.5, 0.6) is 5.75 Å². The van der Waals surface area contributed by atoms with Crippen molar-refractivity contribution in [3.05, 3.63) is 53.5 Å². The smallest absolute Gasteiger partial charge is 0.147 e. The molecule has 0 aliphatic rings. The van der Waals surface area contributed by atoms with E-state index in [-0.39, 0.29) is 16.3 Å². The van der Waals surface area contributed by atoms with Crippen LogP contribution in [0.4, 0.5) is 4.39 Å². The van der Waals surface area contributed by atoms with Crippen molar-refractivity contribution in [2.45, 2.75) is 6.92 Å². The van der Waals surface area contributed by atoms with Gasteiger partial charge in [-0.2, -0.15) is 0 Å². The largest absolute Gasteiger partial charge is 0.506 e. The quantitative estimate of drug-likeness (QED) is 0.790. The molecule has 3 rings (SSSR count). The summed E-state index contributed by atoms with van der Waals surface area (Å²) < 4.78 is 15.8. The molecule has 5 nitrogen and oxygen atoms in total. The van der Waals surface area contributed by atoms with Gasteiger partial charge in [-0.15, -0.1) is 10.2 Å². The van der Waals surface area contributed by atoms with Gasteiger partial charge in [0.25, 0.3) is 0 Å². The summed E-state index contributed by atoms with van der Waals surface area (Å²) in [6.07, 6.45) is 4.61. The molecule has 0 unspecified atom stereocenters. The summed E-state index contributed by atoms with van der Waals surface area (Å²) in [6, 6.07) is 4.14. The van der Waals surface area contributed by atoms with Gasteiger partial charge in [0.1, 0.15) is 30.0 Å². The second-order valence-electron chi connectivity index (χ2n) is 4.54. The fraction of sp³-hybridized carbons (Fsp3) is 0.0714. The highest BCUT2D eigenvalue weighted by atomic mass is 35.5. The van der Waals surface area contributed by atoms with Crippen molar-refractivity contribution < 1.29 is 9.50 Å². The van der Waals surface area contributed by atoms with E-state index in [0.29, 0.717) is 11.4 Å². The van der Waals surface area contributed by atoms with Crippen LogP contribution in [0.15, 0.2) is 37.1 Å². The number of pyridine rings is 1. The second kappa shape index (κ2) is 5.14. The number of phenols is 1. The standard InChI is InChI=1S/C14H10ClFN4O/c1-8-2-10(9-3-11(15)13(21)4-12(9)16)14(17-5-8)20-6-18-19-7-20/h2-7,21H,1H3. The number of nitrogens with zero attached hydrogens (tertiary/aromatic N) is 4. The summed E-state index contributed by atoms with van der Waals surface area (Å²) in [5.41, 5.74) is 1.65. The Balaban J connectivity index is 2.27. The van der Waals surface area contributed by atoms with Crippen LogP contribution in [0.2, 0.25) is 5.02 Å². The number of halogens is 2. The predicted octanol–water partition coefficient (Wildman–Crippen LogP) is 3.14. The molecule has 3 aromatic rings. The van der Waals surface area contributed by atoms with Crippen molar-refractivity contribution in [3.8, 4) is 22.7 Å². The van der Waals surface area contributed by atoms with Gasteiger partial charge in [0.2, 0.25) is 0 Å². The van der Waals surface area contributed by atoms with E-state index in [1.807, 2.05) is 6.92 Å². The Labute approximate surface area is 124 Å². The van der Waals surface area contributed by atoms with Crippen molar-refractivity contribution in [2.24, 2.45) is 0 Å². The van der Waals surface area contributed by atoms with E-state index >= 15 is 0 Å². The Kier molecular flexibility index (Phi) is 3.31. The lowest BCUT2D eigenvalue weighted by Crippen LogP contribution is -2.00. The molecule has 0 fully saturated rings. The molecule has 7 heteroatoms. The molecule has 0 spiro atoms. The van der Waals surface area contributed by atoms with E-state index in [9.17, 15) is 9.50 Å². The molecule has 0 aliphatic heterocycles. The van der Waals surface area contributed by atoms with E-state index in [1.54, 1.807) is 16.8 Å². The van der Waals surface area contributed by atoms with Gasteiger partial charge in [-0.25, -0.2) is 9.37 Å². The molecule has 0 atom stereocenters. The third-order valence-corrected chi connectivity index (χ3v) is 3.30. The van der Waals surface area contributed by atoms with Crippen LogP contribution in [0, 0.1) is 12.7 Å². The van der Waals surface area contributed by atoms with E-state index in [0.717, 1.165) is 11.6 Å². The predicted molar refractivity (Wildman–Crippen MR) is 76.0 cm³/mol. The van der Waals surface area contributed by atoms with Crippen molar-refractivity contribution in [1.82, 2.24) is 19.7 Å². The van der Waals surface area contributed by atoms with Crippen molar-refractivity contribution in [3.63, 3.8) is 0 Å². The first-order chi connectivity index (χ1) is 10.1. The van der Waals surface area contributed by atoms with Gasteiger partial charge >= 0.3 is 0 Å². The maximum absolute atomic E-state index is 14.2. The first-order valence-electron chi connectivity index (χ1n) is 6.06. The van der Waals surface area contributed by atoms with Gasteiger partial charge in [-0.3, -0.25) is 4.57 Å². The summed E-state index contributed by atoms with van der Waals surface area (Å²) in [5, 5.41) is 17.0. The highest BCUT2D eigenvalue weighted by molar-refractivity contribution is 6.32. The second-order valence-corrected chi connectivity index (χ2v) is 4.94. The Bertz CT molecular complexity index is 805. The minimum Gasteiger partial charge on any atom is -0.506 e. The molecule has 0 radical (unpaired) electrons. The summed E-state index contributed by atoms with van der Waals surface area (Å²) in [5.74, 6) is -0.408. The van der Waals surface area contributed by atoms with Crippen LogP contribution in [0.1, 0.15) is 5.56 Å². The van der Waals surface area contributed by atoms with Gasteiger partial charge in [0, 0.05) is 23.4 Å². The number of phenolic OH excluding ortho intramolecular Hbond substituents is 1. The van der Waals surface area contributed by atoms with Crippen LogP contribution in [-0.2, 0) is 0 Å². The molecule has 1 aromatic carbocycles. The summed E-state index contributed by atoms with van der Waals surface area (Å²) in [4.78, 5) is 4.30. The zero-order valence-electron chi connectivity index (χ0n) is 11.0. The van der Waals surface area contributed by atoms with Gasteiger partial charge < -0.3 is 5.11 Å². The number of hydrogen-bond acceptors (Lipinski definition) is 4. The van der Waals surface area contributed by atoms with E-state index in [2.05, 4.69) is 15.2 Å². The number of benzene rings is 1. The molecular formula is C14H10ClFN4O. The van der Waals surface area contributed by atoms with Gasteiger partial charge in [0.05, 0.1) is 5.02 Å². The number of aromatic hydroxyl groups is 1. The maximum atomic E-state index is 14.2. The lowest BCUT2D eigenvalue weighted by Gasteiger charge is -2.11. The first kappa shape index (κ1) is 13.5.